The van der Waals surface area contributed by atoms with E-state index in [1.165, 1.54) is 25.3 Å². The van der Waals surface area contributed by atoms with Crippen LogP contribution in [0.15, 0.2) is 23.8 Å². The molecule has 7 nitrogen and oxygen atoms in total. The molecule has 1 amide bonds. The third kappa shape index (κ3) is 4.57. The number of amides is 1. The summed E-state index contributed by atoms with van der Waals surface area (Å²) in [6.45, 7) is 2.09. The van der Waals surface area contributed by atoms with Gasteiger partial charge in [-0.15, -0.1) is 0 Å². The Morgan fingerprint density at radius 1 is 1.44 bits per heavy atom. The summed E-state index contributed by atoms with van der Waals surface area (Å²) < 4.78 is 4.95. The average Bonchev–Trinajstić information content (AvgIpc) is 2.61. The van der Waals surface area contributed by atoms with Gasteiger partial charge in [0.1, 0.15) is 11.6 Å². The van der Waals surface area contributed by atoms with Crippen LogP contribution >= 0.6 is 0 Å². The molecule has 0 spiro atoms. The first kappa shape index (κ1) is 18.5. The Balaban J connectivity index is 2.22. The SMILES string of the molecule is COc1ccc(/C=C(/C#N)C(=O)N[C@H]2CCCC[C@@H]2C)cc1[N+](=O)[O-]. The lowest BCUT2D eigenvalue weighted by Gasteiger charge is -2.29. The van der Waals surface area contributed by atoms with Crippen LogP contribution in [0.2, 0.25) is 0 Å². The van der Waals surface area contributed by atoms with Gasteiger partial charge in [-0.05, 0) is 36.5 Å². The van der Waals surface area contributed by atoms with Crippen molar-refractivity contribution in [2.24, 2.45) is 5.92 Å². The number of carbonyl (C=O) groups excluding carboxylic acids is 1. The molecular formula is C18H21N3O4. The highest BCUT2D eigenvalue weighted by atomic mass is 16.6. The summed E-state index contributed by atoms with van der Waals surface area (Å²) in [5.74, 6) is 0.0561. The summed E-state index contributed by atoms with van der Waals surface area (Å²) in [5.41, 5.74) is 0.114. The first-order valence-electron chi connectivity index (χ1n) is 8.21. The van der Waals surface area contributed by atoms with E-state index in [4.69, 9.17) is 4.74 Å². The number of rotatable bonds is 5. The molecule has 1 aromatic rings. The van der Waals surface area contributed by atoms with E-state index in [0.29, 0.717) is 11.5 Å². The minimum absolute atomic E-state index is 0.0585. The maximum atomic E-state index is 12.4. The van der Waals surface area contributed by atoms with Crippen molar-refractivity contribution in [3.05, 3.63) is 39.4 Å². The molecule has 0 bridgehead atoms. The number of nitrogens with one attached hydrogen (secondary N) is 1. The van der Waals surface area contributed by atoms with Crippen molar-refractivity contribution < 1.29 is 14.5 Å². The van der Waals surface area contributed by atoms with Gasteiger partial charge in [-0.1, -0.05) is 25.8 Å². The van der Waals surface area contributed by atoms with Crippen molar-refractivity contribution >= 4 is 17.7 Å². The van der Waals surface area contributed by atoms with Gasteiger partial charge in [-0.3, -0.25) is 14.9 Å². The third-order valence-electron chi connectivity index (χ3n) is 4.50. The van der Waals surface area contributed by atoms with Crippen LogP contribution in [0.5, 0.6) is 5.75 Å². The van der Waals surface area contributed by atoms with Gasteiger partial charge < -0.3 is 10.1 Å². The highest BCUT2D eigenvalue weighted by Crippen LogP contribution is 2.28. The first-order valence-corrected chi connectivity index (χ1v) is 8.21. The van der Waals surface area contributed by atoms with E-state index >= 15 is 0 Å². The van der Waals surface area contributed by atoms with Gasteiger partial charge in [0.15, 0.2) is 5.75 Å². The van der Waals surface area contributed by atoms with E-state index in [0.717, 1.165) is 25.7 Å². The van der Waals surface area contributed by atoms with Crippen LogP contribution in [0.3, 0.4) is 0 Å². The number of nitrogens with zero attached hydrogens (tertiary/aromatic N) is 2. The van der Waals surface area contributed by atoms with Crippen molar-refractivity contribution in [1.29, 1.82) is 5.26 Å². The van der Waals surface area contributed by atoms with Gasteiger partial charge in [-0.25, -0.2) is 0 Å². The van der Waals surface area contributed by atoms with E-state index in [1.807, 2.05) is 6.07 Å². The smallest absolute Gasteiger partial charge is 0.311 e. The maximum Gasteiger partial charge on any atom is 0.311 e. The number of nitriles is 1. The summed E-state index contributed by atoms with van der Waals surface area (Å²) >= 11 is 0. The Hall–Kier alpha value is -2.88. The van der Waals surface area contributed by atoms with Crippen LogP contribution in [0.25, 0.3) is 6.08 Å². The molecule has 7 heteroatoms. The normalized spacial score (nSPS) is 20.4. The predicted octanol–water partition coefficient (Wildman–Crippen LogP) is 3.21. The predicted molar refractivity (Wildman–Crippen MR) is 92.8 cm³/mol. The lowest BCUT2D eigenvalue weighted by molar-refractivity contribution is -0.385. The second-order valence-corrected chi connectivity index (χ2v) is 6.20. The Bertz CT molecular complexity index is 736. The van der Waals surface area contributed by atoms with Crippen molar-refractivity contribution in [3.8, 4) is 11.8 Å². The molecule has 1 aliphatic carbocycles. The summed E-state index contributed by atoms with van der Waals surface area (Å²) in [4.78, 5) is 22.9. The molecule has 25 heavy (non-hydrogen) atoms. The van der Waals surface area contributed by atoms with Gasteiger partial charge in [0.05, 0.1) is 12.0 Å². The highest BCUT2D eigenvalue weighted by molar-refractivity contribution is 6.01. The number of hydrogen-bond donors (Lipinski definition) is 1. The van der Waals surface area contributed by atoms with Crippen LogP contribution in [-0.4, -0.2) is 24.0 Å². The number of nitro benzene ring substituents is 1. The van der Waals surface area contributed by atoms with Gasteiger partial charge in [0, 0.05) is 12.1 Å². The molecule has 0 heterocycles. The molecule has 0 radical (unpaired) electrons. The lowest BCUT2D eigenvalue weighted by Crippen LogP contribution is -2.41. The molecule has 1 saturated carbocycles. The molecule has 0 aromatic heterocycles. The Morgan fingerprint density at radius 2 is 2.16 bits per heavy atom. The molecule has 0 unspecified atom stereocenters. The van der Waals surface area contributed by atoms with E-state index < -0.39 is 10.8 Å². The van der Waals surface area contributed by atoms with E-state index in [-0.39, 0.29) is 23.1 Å². The van der Waals surface area contributed by atoms with Crippen LogP contribution < -0.4 is 10.1 Å². The average molecular weight is 343 g/mol. The number of hydrogen-bond acceptors (Lipinski definition) is 5. The molecular weight excluding hydrogens is 322 g/mol. The summed E-state index contributed by atoms with van der Waals surface area (Å²) in [6.07, 6.45) is 5.53. The number of carbonyl (C=O) groups is 1. The molecule has 0 saturated heterocycles. The van der Waals surface area contributed by atoms with Gasteiger partial charge in [-0.2, -0.15) is 5.26 Å². The van der Waals surface area contributed by atoms with Crippen molar-refractivity contribution in [2.75, 3.05) is 7.11 Å². The second-order valence-electron chi connectivity index (χ2n) is 6.20. The van der Waals surface area contributed by atoms with Crippen molar-refractivity contribution in [1.82, 2.24) is 5.32 Å². The molecule has 1 fully saturated rings. The Morgan fingerprint density at radius 3 is 2.76 bits per heavy atom. The number of benzene rings is 1. The quantitative estimate of drug-likeness (QED) is 0.382. The van der Waals surface area contributed by atoms with Crippen LogP contribution in [-0.2, 0) is 4.79 Å². The number of nitro groups is 1. The van der Waals surface area contributed by atoms with Crippen LogP contribution in [0.1, 0.15) is 38.2 Å². The van der Waals surface area contributed by atoms with Gasteiger partial charge >= 0.3 is 5.69 Å². The molecule has 1 N–H and O–H groups in total. The van der Waals surface area contributed by atoms with Crippen molar-refractivity contribution in [2.45, 2.75) is 38.6 Å². The largest absolute Gasteiger partial charge is 0.490 e. The fourth-order valence-electron chi connectivity index (χ4n) is 3.03. The standard InChI is InChI=1S/C18H21N3O4/c1-12-5-3-4-6-15(12)20-18(22)14(11-19)9-13-7-8-17(25-2)16(10-13)21(23)24/h7-10,12,15H,3-6H2,1-2H3,(H,20,22)/b14-9-/t12-,15-/m0/s1. The lowest BCUT2D eigenvalue weighted by atomic mass is 9.86. The molecule has 132 valence electrons. The topological polar surface area (TPSA) is 105 Å². The minimum Gasteiger partial charge on any atom is -0.490 e. The summed E-state index contributed by atoms with van der Waals surface area (Å²) in [7, 11) is 1.34. The summed E-state index contributed by atoms with van der Waals surface area (Å²) in [6, 6.07) is 6.24. The van der Waals surface area contributed by atoms with Crippen LogP contribution in [0.4, 0.5) is 5.69 Å². The van der Waals surface area contributed by atoms with E-state index in [1.54, 1.807) is 6.07 Å². The zero-order valence-corrected chi connectivity index (χ0v) is 14.3. The number of ether oxygens (including phenoxy) is 1. The molecule has 0 aliphatic heterocycles. The molecule has 2 atom stereocenters. The van der Waals surface area contributed by atoms with Gasteiger partial charge in [0.25, 0.3) is 5.91 Å². The zero-order valence-electron chi connectivity index (χ0n) is 14.3. The highest BCUT2D eigenvalue weighted by Gasteiger charge is 2.24. The van der Waals surface area contributed by atoms with Gasteiger partial charge in [0.2, 0.25) is 0 Å². The molecule has 1 aromatic carbocycles. The Kier molecular flexibility index (Phi) is 6.12. The van der Waals surface area contributed by atoms with Crippen LogP contribution in [0, 0.1) is 27.4 Å². The molecule has 2 rings (SSSR count). The summed E-state index contributed by atoms with van der Waals surface area (Å²) in [5, 5.41) is 23.3. The second kappa shape index (κ2) is 8.29. The number of methoxy groups -OCH3 is 1. The minimum atomic E-state index is -0.563. The van der Waals surface area contributed by atoms with E-state index in [2.05, 4.69) is 12.2 Å². The zero-order chi connectivity index (χ0) is 18.4. The first-order chi connectivity index (χ1) is 12.0. The fourth-order valence-corrected chi connectivity index (χ4v) is 3.03. The van der Waals surface area contributed by atoms with E-state index in [9.17, 15) is 20.2 Å². The third-order valence-corrected chi connectivity index (χ3v) is 4.50. The maximum absolute atomic E-state index is 12.4. The monoisotopic (exact) mass is 343 g/mol. The van der Waals surface area contributed by atoms with Crippen molar-refractivity contribution in [3.63, 3.8) is 0 Å². The fraction of sp³-hybridized carbons (Fsp3) is 0.444. The molecule has 1 aliphatic rings. The Labute approximate surface area is 146 Å².